The van der Waals surface area contributed by atoms with Gasteiger partial charge in [-0.2, -0.15) is 5.10 Å². The monoisotopic (exact) mass is 378 g/mol. The smallest absolute Gasteiger partial charge is 0.277 e. The van der Waals surface area contributed by atoms with Crippen LogP contribution in [0.5, 0.6) is 5.75 Å². The van der Waals surface area contributed by atoms with E-state index in [2.05, 4.69) is 22.7 Å². The molecule has 2 aromatic rings. The highest BCUT2D eigenvalue weighted by molar-refractivity contribution is 8.19. The van der Waals surface area contributed by atoms with Crippen LogP contribution in [0.2, 0.25) is 0 Å². The van der Waals surface area contributed by atoms with Gasteiger partial charge in [-0.15, -0.1) is 34.9 Å². The van der Waals surface area contributed by atoms with E-state index in [4.69, 9.17) is 4.74 Å². The van der Waals surface area contributed by atoms with E-state index in [0.29, 0.717) is 10.3 Å². The van der Waals surface area contributed by atoms with Crippen molar-refractivity contribution in [2.45, 2.75) is 11.5 Å². The summed E-state index contributed by atoms with van der Waals surface area (Å²) in [5.41, 5.74) is 4.93. The van der Waals surface area contributed by atoms with E-state index in [0.717, 1.165) is 10.4 Å². The number of hydrazone groups is 1. The van der Waals surface area contributed by atoms with Gasteiger partial charge >= 0.3 is 0 Å². The molecule has 0 bridgehead atoms. The fraction of sp³-hybridized carbons (Fsp3) is 0.294. The molecular formula is C17H18N2O2S3. The van der Waals surface area contributed by atoms with Crippen LogP contribution in [-0.4, -0.2) is 30.2 Å². The zero-order valence-corrected chi connectivity index (χ0v) is 15.7. The van der Waals surface area contributed by atoms with Crippen molar-refractivity contribution in [2.75, 3.05) is 18.1 Å². The van der Waals surface area contributed by atoms with Crippen molar-refractivity contribution < 1.29 is 9.53 Å². The van der Waals surface area contributed by atoms with E-state index in [9.17, 15) is 4.79 Å². The number of thioether (sulfide) groups is 2. The molecule has 3 rings (SSSR count). The zero-order valence-electron chi connectivity index (χ0n) is 13.2. The quantitative estimate of drug-likeness (QED) is 0.608. The lowest BCUT2D eigenvalue weighted by Crippen LogP contribution is -2.24. The molecule has 7 heteroatoms. The number of aryl methyl sites for hydroxylation is 1. The Bertz CT molecular complexity index is 707. The Morgan fingerprint density at radius 2 is 2.04 bits per heavy atom. The minimum absolute atomic E-state index is 0.0486. The predicted molar refractivity (Wildman–Crippen MR) is 104 cm³/mol. The lowest BCUT2D eigenvalue weighted by Gasteiger charge is -2.10. The summed E-state index contributed by atoms with van der Waals surface area (Å²) in [6, 6.07) is 9.99. The summed E-state index contributed by atoms with van der Waals surface area (Å²) in [5.74, 6) is 2.84. The van der Waals surface area contributed by atoms with E-state index >= 15 is 0 Å². The van der Waals surface area contributed by atoms with Gasteiger partial charge in [0, 0.05) is 16.4 Å². The second-order valence-electron chi connectivity index (χ2n) is 5.19. The number of ether oxygens (including phenoxy) is 1. The Hall–Kier alpha value is -1.44. The number of carbonyl (C=O) groups excluding carboxylic acids is 1. The van der Waals surface area contributed by atoms with Crippen LogP contribution in [0.3, 0.4) is 0 Å². The molecule has 1 aliphatic rings. The second-order valence-corrected chi connectivity index (χ2v) is 8.86. The first kappa shape index (κ1) is 17.4. The third-order valence-corrected chi connectivity index (χ3v) is 7.47. The molecule has 0 saturated carbocycles. The summed E-state index contributed by atoms with van der Waals surface area (Å²) in [7, 11) is 0. The number of hydrogen-bond donors (Lipinski definition) is 1. The summed E-state index contributed by atoms with van der Waals surface area (Å²) in [6.07, 6.45) is 1.66. The maximum absolute atomic E-state index is 11.8. The van der Waals surface area contributed by atoms with Gasteiger partial charge in [0.05, 0.1) is 10.8 Å². The molecule has 126 valence electrons. The second kappa shape index (κ2) is 8.60. The van der Waals surface area contributed by atoms with Gasteiger partial charge in [0.1, 0.15) is 5.75 Å². The molecule has 1 amide bonds. The highest BCUT2D eigenvalue weighted by Crippen LogP contribution is 2.45. The molecular weight excluding hydrogens is 360 g/mol. The van der Waals surface area contributed by atoms with Gasteiger partial charge < -0.3 is 4.74 Å². The summed E-state index contributed by atoms with van der Waals surface area (Å²) >= 11 is 5.53. The maximum atomic E-state index is 11.8. The Kier molecular flexibility index (Phi) is 6.23. The van der Waals surface area contributed by atoms with E-state index < -0.39 is 0 Å². The van der Waals surface area contributed by atoms with Gasteiger partial charge in [-0.05, 0) is 41.6 Å². The number of rotatable bonds is 6. The average Bonchev–Trinajstić information content (AvgIpc) is 3.26. The molecule has 24 heavy (non-hydrogen) atoms. The third-order valence-electron chi connectivity index (χ3n) is 3.42. The lowest BCUT2D eigenvalue weighted by atomic mass is 10.2. The van der Waals surface area contributed by atoms with Gasteiger partial charge in [0.15, 0.2) is 6.61 Å². The predicted octanol–water partition coefficient (Wildman–Crippen LogP) is 4.06. The van der Waals surface area contributed by atoms with Crippen molar-refractivity contribution in [3.05, 3.63) is 51.7 Å². The highest BCUT2D eigenvalue weighted by atomic mass is 32.2. The van der Waals surface area contributed by atoms with Gasteiger partial charge in [0.2, 0.25) is 0 Å². The van der Waals surface area contributed by atoms with Crippen molar-refractivity contribution in [3.8, 4) is 5.75 Å². The first-order valence-electron chi connectivity index (χ1n) is 7.54. The number of nitrogens with one attached hydrogen (secondary N) is 1. The first-order chi connectivity index (χ1) is 11.7. The molecule has 1 N–H and O–H groups in total. The molecule has 2 heterocycles. The van der Waals surface area contributed by atoms with Crippen molar-refractivity contribution >= 4 is 47.0 Å². The molecule has 4 nitrogen and oxygen atoms in total. The third kappa shape index (κ3) is 4.78. The number of hydrogen-bond acceptors (Lipinski definition) is 6. The van der Waals surface area contributed by atoms with Crippen LogP contribution in [0.15, 0.2) is 40.8 Å². The molecule has 1 aromatic carbocycles. The van der Waals surface area contributed by atoms with Gasteiger partial charge in [-0.25, -0.2) is 5.43 Å². The van der Waals surface area contributed by atoms with Crippen LogP contribution in [0.25, 0.3) is 0 Å². The Balaban J connectivity index is 1.44. The van der Waals surface area contributed by atoms with E-state index in [1.165, 1.54) is 17.1 Å². The van der Waals surface area contributed by atoms with Gasteiger partial charge in [-0.1, -0.05) is 12.1 Å². The standard InChI is InChI=1S/C17H18N2O2S3/c1-12-6-7-22-15(12)10-18-19-16(20)11-21-14-4-2-13(3-5-14)17-23-8-9-24-17/h2-7,10,17H,8-9,11H2,1H3,(H,19,20)/b18-10-. The van der Waals surface area contributed by atoms with E-state index in [-0.39, 0.29) is 12.5 Å². The molecule has 0 atom stereocenters. The topological polar surface area (TPSA) is 50.7 Å². The number of amides is 1. The van der Waals surface area contributed by atoms with Crippen LogP contribution in [0.1, 0.15) is 20.6 Å². The fourth-order valence-corrected chi connectivity index (χ4v) is 5.78. The summed E-state index contributed by atoms with van der Waals surface area (Å²) < 4.78 is 6.03. The molecule has 0 aliphatic carbocycles. The molecule has 1 aromatic heterocycles. The van der Waals surface area contributed by atoms with Gasteiger partial charge in [0.25, 0.3) is 5.91 Å². The number of nitrogens with zero attached hydrogens (tertiary/aromatic N) is 1. The SMILES string of the molecule is Cc1ccsc1/C=N\NC(=O)COc1ccc(C2SCCS2)cc1. The molecule has 0 spiro atoms. The van der Waals surface area contributed by atoms with Crippen molar-refractivity contribution in [1.82, 2.24) is 5.43 Å². The van der Waals surface area contributed by atoms with Crippen LogP contribution in [-0.2, 0) is 4.79 Å². The maximum Gasteiger partial charge on any atom is 0.277 e. The number of carbonyl (C=O) groups is 1. The summed E-state index contributed by atoms with van der Waals surface area (Å²) in [6.45, 7) is 1.96. The van der Waals surface area contributed by atoms with Crippen molar-refractivity contribution in [3.63, 3.8) is 0 Å². The zero-order chi connectivity index (χ0) is 16.8. The summed E-state index contributed by atoms with van der Waals surface area (Å²) in [5, 5.41) is 5.95. The van der Waals surface area contributed by atoms with Crippen molar-refractivity contribution in [1.29, 1.82) is 0 Å². The van der Waals surface area contributed by atoms with Crippen LogP contribution < -0.4 is 10.2 Å². The van der Waals surface area contributed by atoms with Crippen molar-refractivity contribution in [2.24, 2.45) is 5.10 Å². The number of benzene rings is 1. The normalized spacial score (nSPS) is 15.0. The summed E-state index contributed by atoms with van der Waals surface area (Å²) in [4.78, 5) is 12.8. The van der Waals surface area contributed by atoms with E-state index in [1.807, 2.05) is 54.0 Å². The van der Waals surface area contributed by atoms with Crippen LogP contribution in [0.4, 0.5) is 0 Å². The first-order valence-corrected chi connectivity index (χ1v) is 10.5. The van der Waals surface area contributed by atoms with Gasteiger partial charge in [-0.3, -0.25) is 4.79 Å². The largest absolute Gasteiger partial charge is 0.484 e. The number of thiophene rings is 1. The Morgan fingerprint density at radius 3 is 2.71 bits per heavy atom. The Morgan fingerprint density at radius 1 is 1.29 bits per heavy atom. The molecule has 0 unspecified atom stereocenters. The fourth-order valence-electron chi connectivity index (χ4n) is 2.13. The van der Waals surface area contributed by atoms with Crippen LogP contribution >= 0.6 is 34.9 Å². The van der Waals surface area contributed by atoms with Crippen LogP contribution in [0, 0.1) is 6.92 Å². The highest BCUT2D eigenvalue weighted by Gasteiger charge is 2.17. The molecule has 1 saturated heterocycles. The Labute approximate surface area is 154 Å². The molecule has 0 radical (unpaired) electrons. The average molecular weight is 379 g/mol. The molecule has 1 aliphatic heterocycles. The molecule has 1 fully saturated rings. The minimum atomic E-state index is -0.272. The van der Waals surface area contributed by atoms with E-state index in [1.54, 1.807) is 17.6 Å². The lowest BCUT2D eigenvalue weighted by molar-refractivity contribution is -0.123. The minimum Gasteiger partial charge on any atom is -0.484 e.